The maximum atomic E-state index is 12.4. The van der Waals surface area contributed by atoms with E-state index in [0.717, 1.165) is 33.4 Å². The lowest BCUT2D eigenvalue weighted by atomic mass is 9.97. The van der Waals surface area contributed by atoms with Gasteiger partial charge in [-0.05, 0) is 12.0 Å². The van der Waals surface area contributed by atoms with Crippen LogP contribution >= 0.6 is 0 Å². The lowest BCUT2D eigenvalue weighted by Crippen LogP contribution is -2.63. The molecule has 0 N–H and O–H groups in total. The molecule has 0 radical (unpaired) electrons. The zero-order chi connectivity index (χ0) is 25.1. The second-order valence-corrected chi connectivity index (χ2v) is 7.43. The summed E-state index contributed by atoms with van der Waals surface area (Å²) in [5.41, 5.74) is 1.02. The van der Waals surface area contributed by atoms with Crippen LogP contribution < -0.4 is 0 Å². The van der Waals surface area contributed by atoms with Gasteiger partial charge in [0.05, 0.1) is 20.3 Å². The summed E-state index contributed by atoms with van der Waals surface area (Å²) in [4.78, 5) is 47.5. The summed E-state index contributed by atoms with van der Waals surface area (Å²) in [5.74, 6) is -3.12. The lowest BCUT2D eigenvalue weighted by molar-refractivity contribution is -0.301. The molecule has 1 aliphatic heterocycles. The number of hydrogen-bond acceptors (Lipinski definition) is 11. The molecule has 5 atom stereocenters. The Bertz CT molecular complexity index is 825. The normalized spacial score (nSPS) is 24.1. The van der Waals surface area contributed by atoms with Crippen LogP contribution in [0.2, 0.25) is 0 Å². The van der Waals surface area contributed by atoms with E-state index in [1.165, 1.54) is 0 Å². The minimum absolute atomic E-state index is 0.107. The number of carbonyl (C=O) groups excluding carboxylic acids is 4. The molecule has 2 rings (SSSR count). The molecule has 11 heteroatoms. The van der Waals surface area contributed by atoms with Crippen molar-refractivity contribution in [3.8, 4) is 0 Å². The number of carbonyl (C=O) groups is 4. The van der Waals surface area contributed by atoms with Crippen LogP contribution in [0, 0.1) is 0 Å². The van der Waals surface area contributed by atoms with E-state index in [4.69, 9.17) is 33.2 Å². The van der Waals surface area contributed by atoms with E-state index in [0.29, 0.717) is 19.6 Å². The SMILES string of the molecule is COC(=O)[C@H]1O[C@@H](OCCCOCc2ccccc2)[C@H](OC(C)=O)[C@@H](OC(C)=O)[C@@H]1OC(C)=O. The Hall–Kier alpha value is -3.02. The van der Waals surface area contributed by atoms with Crippen molar-refractivity contribution in [3.05, 3.63) is 35.9 Å². The second-order valence-electron chi connectivity index (χ2n) is 7.43. The molecule has 1 saturated heterocycles. The average molecular weight is 482 g/mol. The number of esters is 4. The zero-order valence-corrected chi connectivity index (χ0v) is 19.6. The molecule has 0 spiro atoms. The highest BCUT2D eigenvalue weighted by Crippen LogP contribution is 2.30. The fourth-order valence-corrected chi connectivity index (χ4v) is 3.34. The topological polar surface area (TPSA) is 133 Å². The summed E-state index contributed by atoms with van der Waals surface area (Å²) in [7, 11) is 1.12. The van der Waals surface area contributed by atoms with Gasteiger partial charge in [0, 0.05) is 27.4 Å². The van der Waals surface area contributed by atoms with Crippen molar-refractivity contribution in [2.45, 2.75) is 64.5 Å². The number of hydrogen-bond donors (Lipinski definition) is 0. The van der Waals surface area contributed by atoms with Crippen molar-refractivity contribution in [2.75, 3.05) is 20.3 Å². The van der Waals surface area contributed by atoms with E-state index in [-0.39, 0.29) is 6.61 Å². The zero-order valence-electron chi connectivity index (χ0n) is 19.6. The molecule has 11 nitrogen and oxygen atoms in total. The highest BCUT2D eigenvalue weighted by atomic mass is 16.7. The van der Waals surface area contributed by atoms with Crippen LogP contribution in [-0.2, 0) is 58.9 Å². The average Bonchev–Trinajstić information content (AvgIpc) is 2.78. The van der Waals surface area contributed by atoms with Gasteiger partial charge in [-0.15, -0.1) is 0 Å². The molecular weight excluding hydrogens is 452 g/mol. The largest absolute Gasteiger partial charge is 0.467 e. The monoisotopic (exact) mass is 482 g/mol. The van der Waals surface area contributed by atoms with Gasteiger partial charge < -0.3 is 33.2 Å². The van der Waals surface area contributed by atoms with Crippen molar-refractivity contribution in [1.82, 2.24) is 0 Å². The van der Waals surface area contributed by atoms with Gasteiger partial charge in [-0.25, -0.2) is 4.79 Å². The molecule has 0 unspecified atom stereocenters. The van der Waals surface area contributed by atoms with Gasteiger partial charge in [0.15, 0.2) is 30.7 Å². The van der Waals surface area contributed by atoms with Crippen LogP contribution in [0.4, 0.5) is 0 Å². The standard InChI is InChI=1S/C23H30O11/c1-14(24)31-18-19(32-15(2)25)21(33-16(3)26)23(34-20(18)22(27)28-4)30-12-8-11-29-13-17-9-6-5-7-10-17/h5-7,9-10,18-21,23H,8,11-13H2,1-4H3/t18-,19-,20-,21+,23+/m0/s1. The van der Waals surface area contributed by atoms with E-state index < -0.39 is 54.6 Å². The maximum Gasteiger partial charge on any atom is 0.339 e. The van der Waals surface area contributed by atoms with Gasteiger partial charge in [-0.2, -0.15) is 0 Å². The molecule has 188 valence electrons. The van der Waals surface area contributed by atoms with Crippen LogP contribution in [0.1, 0.15) is 32.8 Å². The molecular formula is C23H30O11. The number of benzene rings is 1. The first-order valence-corrected chi connectivity index (χ1v) is 10.7. The van der Waals surface area contributed by atoms with Crippen molar-refractivity contribution in [2.24, 2.45) is 0 Å². The van der Waals surface area contributed by atoms with E-state index in [1.807, 2.05) is 30.3 Å². The summed E-state index contributed by atoms with van der Waals surface area (Å²) in [5, 5.41) is 0. The third kappa shape index (κ3) is 8.40. The van der Waals surface area contributed by atoms with E-state index in [2.05, 4.69) is 0 Å². The Kier molecular flexibility index (Phi) is 10.9. The van der Waals surface area contributed by atoms with Crippen molar-refractivity contribution in [1.29, 1.82) is 0 Å². The van der Waals surface area contributed by atoms with Crippen LogP contribution in [-0.4, -0.2) is 74.9 Å². The summed E-state index contributed by atoms with van der Waals surface area (Å²) in [6.45, 7) is 4.28. The third-order valence-electron chi connectivity index (χ3n) is 4.66. The smallest absolute Gasteiger partial charge is 0.339 e. The van der Waals surface area contributed by atoms with Crippen molar-refractivity contribution >= 4 is 23.9 Å². The molecule has 0 amide bonds. The van der Waals surface area contributed by atoms with Gasteiger partial charge in [0.1, 0.15) is 0 Å². The quantitative estimate of drug-likeness (QED) is 0.257. The minimum Gasteiger partial charge on any atom is -0.467 e. The first kappa shape index (κ1) is 27.2. The predicted octanol–water partition coefficient (Wildman–Crippen LogP) is 1.30. The third-order valence-corrected chi connectivity index (χ3v) is 4.66. The highest BCUT2D eigenvalue weighted by molar-refractivity contribution is 5.77. The van der Waals surface area contributed by atoms with Gasteiger partial charge in [0.2, 0.25) is 0 Å². The van der Waals surface area contributed by atoms with Crippen LogP contribution in [0.3, 0.4) is 0 Å². The Morgan fingerprint density at radius 2 is 1.41 bits per heavy atom. The molecule has 1 heterocycles. The van der Waals surface area contributed by atoms with Gasteiger partial charge >= 0.3 is 23.9 Å². The Morgan fingerprint density at radius 3 is 2.00 bits per heavy atom. The minimum atomic E-state index is -1.48. The van der Waals surface area contributed by atoms with Gasteiger partial charge in [0.25, 0.3) is 0 Å². The van der Waals surface area contributed by atoms with Gasteiger partial charge in [-0.3, -0.25) is 14.4 Å². The number of ether oxygens (including phenoxy) is 7. The second kappa shape index (κ2) is 13.6. The van der Waals surface area contributed by atoms with E-state index >= 15 is 0 Å². The molecule has 34 heavy (non-hydrogen) atoms. The van der Waals surface area contributed by atoms with E-state index in [9.17, 15) is 19.2 Å². The number of rotatable bonds is 11. The summed E-state index contributed by atoms with van der Waals surface area (Å²) < 4.78 is 37.5. The van der Waals surface area contributed by atoms with Crippen LogP contribution in [0.5, 0.6) is 0 Å². The molecule has 0 aliphatic carbocycles. The molecule has 1 aliphatic rings. The maximum absolute atomic E-state index is 12.4. The highest BCUT2D eigenvalue weighted by Gasteiger charge is 2.55. The fourth-order valence-electron chi connectivity index (χ4n) is 3.34. The Balaban J connectivity index is 2.10. The number of methoxy groups -OCH3 is 1. The predicted molar refractivity (Wildman–Crippen MR) is 114 cm³/mol. The van der Waals surface area contributed by atoms with Crippen molar-refractivity contribution in [3.63, 3.8) is 0 Å². The fraction of sp³-hybridized carbons (Fsp3) is 0.565. The molecule has 0 bridgehead atoms. The first-order chi connectivity index (χ1) is 16.2. The molecule has 0 saturated carbocycles. The molecule has 1 fully saturated rings. The first-order valence-electron chi connectivity index (χ1n) is 10.7. The molecule has 1 aromatic carbocycles. The van der Waals surface area contributed by atoms with Crippen LogP contribution in [0.25, 0.3) is 0 Å². The summed E-state index contributed by atoms with van der Waals surface area (Å²) >= 11 is 0. The Labute approximate surface area is 197 Å². The summed E-state index contributed by atoms with van der Waals surface area (Å²) in [6.07, 6.45) is -6.44. The lowest BCUT2D eigenvalue weighted by Gasteiger charge is -2.43. The van der Waals surface area contributed by atoms with Crippen LogP contribution in [0.15, 0.2) is 30.3 Å². The van der Waals surface area contributed by atoms with Crippen molar-refractivity contribution < 1.29 is 52.3 Å². The molecule has 0 aromatic heterocycles. The van der Waals surface area contributed by atoms with E-state index in [1.54, 1.807) is 0 Å². The molecule has 1 aromatic rings. The Morgan fingerprint density at radius 1 is 0.824 bits per heavy atom. The summed E-state index contributed by atoms with van der Waals surface area (Å²) in [6, 6.07) is 9.63. The van der Waals surface area contributed by atoms with Gasteiger partial charge in [-0.1, -0.05) is 30.3 Å².